The number of carbonyl (C=O) groups is 1. The van der Waals surface area contributed by atoms with E-state index in [0.717, 1.165) is 10.4 Å². The van der Waals surface area contributed by atoms with Gasteiger partial charge in [0.1, 0.15) is 11.5 Å². The number of aliphatic carboxylic acids is 1. The van der Waals surface area contributed by atoms with E-state index in [9.17, 15) is 9.90 Å². The molecule has 0 bridgehead atoms. The average Bonchev–Trinajstić information content (AvgIpc) is 3.10. The second-order valence-corrected chi connectivity index (χ2v) is 6.35. The van der Waals surface area contributed by atoms with E-state index in [1.165, 1.54) is 11.3 Å². The fraction of sp³-hybridized carbons (Fsp3) is 0. The highest BCUT2D eigenvalue weighted by atomic mass is 35.5. The number of hydrogen-bond acceptors (Lipinski definition) is 3. The zero-order valence-corrected chi connectivity index (χ0v) is 14.1. The van der Waals surface area contributed by atoms with Gasteiger partial charge in [0, 0.05) is 9.90 Å². The number of thiophene rings is 1. The van der Waals surface area contributed by atoms with Crippen LogP contribution in [0.4, 0.5) is 0 Å². The van der Waals surface area contributed by atoms with Crippen LogP contribution in [0.15, 0.2) is 66.0 Å². The minimum Gasteiger partial charge on any atom is -0.478 e. The van der Waals surface area contributed by atoms with Gasteiger partial charge in [0.15, 0.2) is 0 Å². The number of carboxylic acids is 1. The van der Waals surface area contributed by atoms with E-state index >= 15 is 0 Å². The molecule has 0 unspecified atom stereocenters. The van der Waals surface area contributed by atoms with Crippen LogP contribution in [0.1, 0.15) is 10.4 Å². The summed E-state index contributed by atoms with van der Waals surface area (Å²) in [5.74, 6) is 0.411. The lowest BCUT2D eigenvalue weighted by Gasteiger charge is -2.06. The van der Waals surface area contributed by atoms with Gasteiger partial charge in [-0.1, -0.05) is 29.8 Å². The quantitative estimate of drug-likeness (QED) is 0.586. The second-order valence-electron chi connectivity index (χ2n) is 4.97. The maximum atomic E-state index is 11.4. The van der Waals surface area contributed by atoms with Gasteiger partial charge in [0.25, 0.3) is 0 Å². The monoisotopic (exact) mass is 356 g/mol. The third-order valence-electron chi connectivity index (χ3n) is 3.26. The maximum Gasteiger partial charge on any atom is 0.337 e. The summed E-state index contributed by atoms with van der Waals surface area (Å²) in [6, 6.07) is 18.0. The molecule has 0 aliphatic heterocycles. The summed E-state index contributed by atoms with van der Waals surface area (Å²) in [7, 11) is 0. The first-order chi connectivity index (χ1) is 11.6. The number of hydrogen-bond donors (Lipinski definition) is 1. The number of halogens is 1. The topological polar surface area (TPSA) is 46.5 Å². The van der Waals surface area contributed by atoms with E-state index in [-0.39, 0.29) is 5.57 Å². The van der Waals surface area contributed by atoms with Gasteiger partial charge in [-0.2, -0.15) is 0 Å². The SMILES string of the molecule is O=C(O)/C(=C/c1ccc(Oc2ccc(Cl)cc2)cc1)c1cccs1. The molecule has 0 aliphatic carbocycles. The molecule has 3 nitrogen and oxygen atoms in total. The highest BCUT2D eigenvalue weighted by molar-refractivity contribution is 7.11. The highest BCUT2D eigenvalue weighted by Crippen LogP contribution is 2.26. The van der Waals surface area contributed by atoms with Crippen molar-refractivity contribution in [3.63, 3.8) is 0 Å². The van der Waals surface area contributed by atoms with Gasteiger partial charge in [0.2, 0.25) is 0 Å². The molecule has 0 spiro atoms. The molecule has 0 saturated heterocycles. The van der Waals surface area contributed by atoms with Gasteiger partial charge in [-0.25, -0.2) is 4.79 Å². The highest BCUT2D eigenvalue weighted by Gasteiger charge is 2.11. The standard InChI is InChI=1S/C19H13ClO3S/c20-14-5-9-16(10-6-14)23-15-7-3-13(4-8-15)12-17(19(21)22)18-2-1-11-24-18/h1-12H,(H,21,22)/b17-12+. The molecule has 3 aromatic rings. The van der Waals surface area contributed by atoms with Crippen LogP contribution in [0.3, 0.4) is 0 Å². The van der Waals surface area contributed by atoms with Crippen molar-refractivity contribution >= 4 is 40.6 Å². The van der Waals surface area contributed by atoms with Gasteiger partial charge in [0.05, 0.1) is 5.57 Å². The summed E-state index contributed by atoms with van der Waals surface area (Å²) in [6.07, 6.45) is 1.65. The first kappa shape index (κ1) is 16.3. The van der Waals surface area contributed by atoms with Crippen molar-refractivity contribution in [1.29, 1.82) is 0 Å². The maximum absolute atomic E-state index is 11.4. The largest absolute Gasteiger partial charge is 0.478 e. The van der Waals surface area contributed by atoms with Crippen LogP contribution in [-0.4, -0.2) is 11.1 Å². The minimum atomic E-state index is -0.945. The number of carboxylic acid groups (broad SMARTS) is 1. The zero-order chi connectivity index (χ0) is 16.9. The van der Waals surface area contributed by atoms with Crippen molar-refractivity contribution in [3.05, 3.63) is 81.5 Å². The van der Waals surface area contributed by atoms with Crippen LogP contribution >= 0.6 is 22.9 Å². The van der Waals surface area contributed by atoms with Crippen molar-refractivity contribution in [3.8, 4) is 11.5 Å². The van der Waals surface area contributed by atoms with Crippen molar-refractivity contribution in [2.75, 3.05) is 0 Å². The van der Waals surface area contributed by atoms with E-state index < -0.39 is 5.97 Å². The van der Waals surface area contributed by atoms with Crippen molar-refractivity contribution < 1.29 is 14.6 Å². The van der Waals surface area contributed by atoms with Gasteiger partial charge >= 0.3 is 5.97 Å². The Morgan fingerprint density at radius 3 is 2.17 bits per heavy atom. The summed E-state index contributed by atoms with van der Waals surface area (Å²) in [4.78, 5) is 12.2. The molecular formula is C19H13ClO3S. The van der Waals surface area contributed by atoms with Crippen LogP contribution in [0.25, 0.3) is 11.6 Å². The van der Waals surface area contributed by atoms with Crippen LogP contribution in [0.2, 0.25) is 5.02 Å². The Labute approximate surface area is 148 Å². The number of ether oxygens (including phenoxy) is 1. The Balaban J connectivity index is 1.79. The number of rotatable bonds is 5. The van der Waals surface area contributed by atoms with E-state index in [4.69, 9.17) is 16.3 Å². The molecule has 0 amide bonds. The lowest BCUT2D eigenvalue weighted by molar-refractivity contribution is -0.130. The predicted octanol–water partition coefficient (Wildman–Crippen LogP) is 5.82. The van der Waals surface area contributed by atoms with Gasteiger partial charge in [-0.15, -0.1) is 11.3 Å². The predicted molar refractivity (Wildman–Crippen MR) is 97.8 cm³/mol. The molecule has 1 N–H and O–H groups in total. The lowest BCUT2D eigenvalue weighted by atomic mass is 10.1. The molecule has 120 valence electrons. The fourth-order valence-electron chi connectivity index (χ4n) is 2.11. The molecule has 1 aromatic heterocycles. The molecule has 1 heterocycles. The van der Waals surface area contributed by atoms with Crippen molar-refractivity contribution in [2.24, 2.45) is 0 Å². The molecule has 0 radical (unpaired) electrons. The minimum absolute atomic E-state index is 0.274. The van der Waals surface area contributed by atoms with Gasteiger partial charge < -0.3 is 9.84 Å². The normalized spacial score (nSPS) is 11.3. The number of benzene rings is 2. The second kappa shape index (κ2) is 7.34. The van der Waals surface area contributed by atoms with E-state index in [2.05, 4.69) is 0 Å². The third-order valence-corrected chi connectivity index (χ3v) is 4.41. The van der Waals surface area contributed by atoms with Crippen LogP contribution < -0.4 is 4.74 Å². The summed E-state index contributed by atoms with van der Waals surface area (Å²) in [5, 5.41) is 11.9. The Bertz CT molecular complexity index is 851. The first-order valence-corrected chi connectivity index (χ1v) is 8.40. The summed E-state index contributed by atoms with van der Waals surface area (Å²) < 4.78 is 5.72. The van der Waals surface area contributed by atoms with Gasteiger partial charge in [-0.05, 0) is 59.5 Å². The van der Waals surface area contributed by atoms with E-state index in [1.807, 2.05) is 23.6 Å². The molecule has 0 atom stereocenters. The molecular weight excluding hydrogens is 344 g/mol. The zero-order valence-electron chi connectivity index (χ0n) is 12.5. The van der Waals surface area contributed by atoms with Crippen molar-refractivity contribution in [2.45, 2.75) is 0 Å². The smallest absolute Gasteiger partial charge is 0.337 e. The van der Waals surface area contributed by atoms with Crippen LogP contribution in [0.5, 0.6) is 11.5 Å². The molecule has 0 fully saturated rings. The van der Waals surface area contributed by atoms with Crippen LogP contribution in [0, 0.1) is 0 Å². The average molecular weight is 357 g/mol. The third kappa shape index (κ3) is 4.04. The molecule has 0 saturated carbocycles. The Hall–Kier alpha value is -2.56. The molecule has 2 aromatic carbocycles. The Morgan fingerprint density at radius 1 is 1.00 bits per heavy atom. The fourth-order valence-corrected chi connectivity index (χ4v) is 2.97. The van der Waals surface area contributed by atoms with E-state index in [1.54, 1.807) is 48.5 Å². The lowest BCUT2D eigenvalue weighted by Crippen LogP contribution is -1.97. The Morgan fingerprint density at radius 2 is 1.62 bits per heavy atom. The first-order valence-electron chi connectivity index (χ1n) is 7.14. The molecule has 5 heteroatoms. The Kier molecular flexibility index (Phi) is 4.99. The molecule has 3 rings (SSSR count). The van der Waals surface area contributed by atoms with E-state index in [0.29, 0.717) is 16.5 Å². The van der Waals surface area contributed by atoms with Crippen molar-refractivity contribution in [1.82, 2.24) is 0 Å². The summed E-state index contributed by atoms with van der Waals surface area (Å²) >= 11 is 7.24. The van der Waals surface area contributed by atoms with Gasteiger partial charge in [-0.3, -0.25) is 0 Å². The van der Waals surface area contributed by atoms with Crippen LogP contribution in [-0.2, 0) is 4.79 Å². The summed E-state index contributed by atoms with van der Waals surface area (Å²) in [5.41, 5.74) is 1.07. The molecule has 24 heavy (non-hydrogen) atoms. The summed E-state index contributed by atoms with van der Waals surface area (Å²) in [6.45, 7) is 0. The molecule has 0 aliphatic rings.